The third-order valence-corrected chi connectivity index (χ3v) is 7.94. The highest BCUT2D eigenvalue weighted by Gasteiger charge is 2.28. The molecule has 0 aromatic heterocycles. The zero-order valence-electron chi connectivity index (χ0n) is 26.9. The van der Waals surface area contributed by atoms with Gasteiger partial charge < -0.3 is 20.7 Å². The Hall–Kier alpha value is -2.21. The normalized spacial score (nSPS) is 13.9. The van der Waals surface area contributed by atoms with Gasteiger partial charge in [0.1, 0.15) is 0 Å². The molecule has 5 heteroatoms. The maximum atomic E-state index is 11.8. The van der Waals surface area contributed by atoms with Crippen molar-refractivity contribution in [3.8, 4) is 0 Å². The van der Waals surface area contributed by atoms with E-state index in [9.17, 15) is 15.0 Å². The van der Waals surface area contributed by atoms with Gasteiger partial charge in [-0.05, 0) is 30.9 Å². The molecule has 1 unspecified atom stereocenters. The molecule has 2 aromatic rings. The van der Waals surface area contributed by atoms with E-state index < -0.39 is 18.0 Å². The van der Waals surface area contributed by atoms with Gasteiger partial charge in [0.15, 0.2) is 0 Å². The summed E-state index contributed by atoms with van der Waals surface area (Å²) in [5.74, 6) is -1.59. The average molecular weight is 584 g/mol. The molecule has 0 saturated heterocycles. The van der Waals surface area contributed by atoms with Crippen LogP contribution in [0.4, 0.5) is 0 Å². The first kappa shape index (κ1) is 37.8. The summed E-state index contributed by atoms with van der Waals surface area (Å²) in [6.07, 6.45) is 16.4. The summed E-state index contributed by atoms with van der Waals surface area (Å²) in [6.45, 7) is 6.88. The number of aliphatic hydroxyl groups is 1. The molecule has 0 aliphatic carbocycles. The van der Waals surface area contributed by atoms with E-state index in [-0.39, 0.29) is 12.1 Å². The van der Waals surface area contributed by atoms with E-state index in [2.05, 4.69) is 13.8 Å². The van der Waals surface area contributed by atoms with Crippen molar-refractivity contribution in [2.45, 2.75) is 148 Å². The lowest BCUT2D eigenvalue weighted by molar-refractivity contribution is -0.147. The maximum Gasteiger partial charge on any atom is 0.309 e. The van der Waals surface area contributed by atoms with E-state index in [1.807, 2.05) is 67.6 Å². The minimum atomic E-state index is -0.885. The first-order valence-corrected chi connectivity index (χ1v) is 16.8. The molecule has 42 heavy (non-hydrogen) atoms. The van der Waals surface area contributed by atoms with Crippen LogP contribution < -0.4 is 5.73 Å². The fraction of sp³-hybridized carbons (Fsp3) is 0.649. The number of carboxylic acid groups (broad SMARTS) is 1. The first-order valence-electron chi connectivity index (χ1n) is 16.8. The Bertz CT molecular complexity index is 874. The summed E-state index contributed by atoms with van der Waals surface area (Å²) in [5, 5.41) is 20.5. The van der Waals surface area contributed by atoms with E-state index in [1.54, 1.807) is 0 Å². The summed E-state index contributed by atoms with van der Waals surface area (Å²) in [6, 6.07) is 20.3. The summed E-state index contributed by atoms with van der Waals surface area (Å²) < 4.78 is 6.19. The zero-order valence-corrected chi connectivity index (χ0v) is 26.9. The van der Waals surface area contributed by atoms with Crippen molar-refractivity contribution in [1.29, 1.82) is 0 Å². The molecule has 238 valence electrons. The van der Waals surface area contributed by atoms with Crippen LogP contribution in [0.5, 0.6) is 0 Å². The molecule has 0 radical (unpaired) electrons. The highest BCUT2D eigenvalue weighted by atomic mass is 16.5. The third-order valence-electron chi connectivity index (χ3n) is 7.94. The standard InChI is InChI=1S/C29H50O4.C8H11N/c1-3-5-7-9-10-11-12-13-17-21-26(33-24-25-19-15-14-16-20-25)23-28(30)27(29(31)32)22-18-8-6-4-2;1-7(9)8-5-3-2-4-6-8/h14-16,19-20,26-28,30H,3-13,17-18,21-24H2,1-2H3,(H,31,32);2-7H,9H2,1H3/t26-,27-,28-;/m0./s1. The Balaban J connectivity index is 0.000000827. The number of hydrogen-bond acceptors (Lipinski definition) is 4. The predicted molar refractivity (Wildman–Crippen MR) is 176 cm³/mol. The predicted octanol–water partition coefficient (Wildman–Crippen LogP) is 9.62. The Morgan fingerprint density at radius 2 is 1.21 bits per heavy atom. The monoisotopic (exact) mass is 583 g/mol. The number of ether oxygens (including phenoxy) is 1. The van der Waals surface area contributed by atoms with Crippen LogP contribution in [0.15, 0.2) is 60.7 Å². The fourth-order valence-corrected chi connectivity index (χ4v) is 5.20. The van der Waals surface area contributed by atoms with Crippen molar-refractivity contribution in [2.24, 2.45) is 11.7 Å². The molecule has 4 N–H and O–H groups in total. The number of unbranched alkanes of at least 4 members (excludes halogenated alkanes) is 11. The molecule has 0 bridgehead atoms. The molecule has 0 aliphatic heterocycles. The van der Waals surface area contributed by atoms with Gasteiger partial charge in [-0.3, -0.25) is 4.79 Å². The van der Waals surface area contributed by atoms with Crippen LogP contribution in [0, 0.1) is 5.92 Å². The van der Waals surface area contributed by atoms with E-state index in [1.165, 1.54) is 56.9 Å². The molecule has 4 atom stereocenters. The molecule has 2 aromatic carbocycles. The summed E-state index contributed by atoms with van der Waals surface area (Å²) in [5.41, 5.74) is 7.92. The number of rotatable bonds is 23. The third kappa shape index (κ3) is 19.1. The van der Waals surface area contributed by atoms with Gasteiger partial charge in [0.25, 0.3) is 0 Å². The molecular formula is C37H61NO4. The van der Waals surface area contributed by atoms with Crippen LogP contribution in [0.1, 0.15) is 141 Å². The van der Waals surface area contributed by atoms with Gasteiger partial charge in [-0.1, -0.05) is 158 Å². The number of carbonyl (C=O) groups is 1. The van der Waals surface area contributed by atoms with E-state index in [0.717, 1.165) is 44.1 Å². The summed E-state index contributed by atoms with van der Waals surface area (Å²) in [4.78, 5) is 11.8. The number of carboxylic acids is 1. The largest absolute Gasteiger partial charge is 0.481 e. The molecule has 0 spiro atoms. The van der Waals surface area contributed by atoms with Crippen molar-refractivity contribution < 1.29 is 19.7 Å². The SMILES string of the molecule is CC(N)c1ccccc1.CCCCCCCCCCC[C@@H](C[C@H](O)[C@H](CCCCCC)C(=O)O)OCc1ccccc1. The van der Waals surface area contributed by atoms with E-state index in [0.29, 0.717) is 19.4 Å². The van der Waals surface area contributed by atoms with Crippen LogP contribution in [0.25, 0.3) is 0 Å². The van der Waals surface area contributed by atoms with Gasteiger partial charge in [-0.2, -0.15) is 0 Å². The number of nitrogens with two attached hydrogens (primary N) is 1. The minimum absolute atomic E-state index is 0.109. The van der Waals surface area contributed by atoms with Crippen molar-refractivity contribution in [3.05, 3.63) is 71.8 Å². The van der Waals surface area contributed by atoms with Crippen LogP contribution >= 0.6 is 0 Å². The van der Waals surface area contributed by atoms with E-state index >= 15 is 0 Å². The zero-order chi connectivity index (χ0) is 30.8. The van der Waals surface area contributed by atoms with Crippen LogP contribution in [-0.2, 0) is 16.1 Å². The summed E-state index contributed by atoms with van der Waals surface area (Å²) in [7, 11) is 0. The second-order valence-corrected chi connectivity index (χ2v) is 11.8. The topological polar surface area (TPSA) is 92.8 Å². The van der Waals surface area contributed by atoms with Gasteiger partial charge in [0, 0.05) is 12.5 Å². The number of aliphatic carboxylic acids is 1. The van der Waals surface area contributed by atoms with Crippen molar-refractivity contribution in [3.63, 3.8) is 0 Å². The highest BCUT2D eigenvalue weighted by Crippen LogP contribution is 2.23. The minimum Gasteiger partial charge on any atom is -0.481 e. The van der Waals surface area contributed by atoms with Gasteiger partial charge >= 0.3 is 5.97 Å². The van der Waals surface area contributed by atoms with Gasteiger partial charge in [0.2, 0.25) is 0 Å². The van der Waals surface area contributed by atoms with E-state index in [4.69, 9.17) is 10.5 Å². The number of hydrogen-bond donors (Lipinski definition) is 3. The highest BCUT2D eigenvalue weighted by molar-refractivity contribution is 5.70. The molecule has 2 rings (SSSR count). The first-order chi connectivity index (χ1) is 20.4. The Kier molecular flexibility index (Phi) is 22.8. The van der Waals surface area contributed by atoms with Crippen LogP contribution in [-0.4, -0.2) is 28.4 Å². The Morgan fingerprint density at radius 3 is 1.71 bits per heavy atom. The average Bonchev–Trinajstić information content (AvgIpc) is 3.00. The second-order valence-electron chi connectivity index (χ2n) is 11.8. The lowest BCUT2D eigenvalue weighted by Gasteiger charge is -2.25. The molecule has 5 nitrogen and oxygen atoms in total. The molecular weight excluding hydrogens is 522 g/mol. The van der Waals surface area contributed by atoms with Crippen molar-refractivity contribution >= 4 is 5.97 Å². The maximum absolute atomic E-state index is 11.8. The van der Waals surface area contributed by atoms with Crippen LogP contribution in [0.3, 0.4) is 0 Å². The smallest absolute Gasteiger partial charge is 0.309 e. The quantitative estimate of drug-likeness (QED) is 0.113. The molecule has 0 fully saturated rings. The number of aliphatic hydroxyl groups excluding tert-OH is 1. The fourth-order valence-electron chi connectivity index (χ4n) is 5.20. The summed E-state index contributed by atoms with van der Waals surface area (Å²) >= 11 is 0. The lowest BCUT2D eigenvalue weighted by Crippen LogP contribution is -2.32. The molecule has 0 saturated carbocycles. The van der Waals surface area contributed by atoms with Gasteiger partial charge in [-0.15, -0.1) is 0 Å². The molecule has 0 heterocycles. The molecule has 0 amide bonds. The Morgan fingerprint density at radius 1 is 0.738 bits per heavy atom. The van der Waals surface area contributed by atoms with Crippen LogP contribution in [0.2, 0.25) is 0 Å². The Labute approximate surface area is 257 Å². The van der Waals surface area contributed by atoms with Gasteiger partial charge in [-0.25, -0.2) is 0 Å². The second kappa shape index (κ2) is 25.3. The lowest BCUT2D eigenvalue weighted by atomic mass is 9.90. The number of benzene rings is 2. The van der Waals surface area contributed by atoms with Crippen molar-refractivity contribution in [1.82, 2.24) is 0 Å². The van der Waals surface area contributed by atoms with Gasteiger partial charge in [0.05, 0.1) is 24.7 Å². The van der Waals surface area contributed by atoms with Crippen molar-refractivity contribution in [2.75, 3.05) is 0 Å². The molecule has 0 aliphatic rings.